The SMILES string of the molecule is Cc1cccc(OCc2nccn2C(F)F)c1F. The van der Waals surface area contributed by atoms with E-state index in [1.54, 1.807) is 19.1 Å². The third kappa shape index (κ3) is 2.47. The van der Waals surface area contributed by atoms with E-state index in [4.69, 9.17) is 4.74 Å². The number of nitrogens with zero attached hydrogens (tertiary/aromatic N) is 2. The number of ether oxygens (including phenoxy) is 1. The number of hydrogen-bond donors (Lipinski definition) is 0. The second-order valence-corrected chi connectivity index (χ2v) is 3.70. The molecule has 3 nitrogen and oxygen atoms in total. The predicted molar refractivity (Wildman–Crippen MR) is 58.9 cm³/mol. The Bertz CT molecular complexity index is 540. The molecule has 2 aromatic rings. The third-order valence-electron chi connectivity index (χ3n) is 2.47. The zero-order valence-electron chi connectivity index (χ0n) is 9.61. The number of hydrogen-bond acceptors (Lipinski definition) is 2. The van der Waals surface area contributed by atoms with Crippen molar-refractivity contribution in [1.82, 2.24) is 9.55 Å². The largest absolute Gasteiger partial charge is 0.483 e. The van der Waals surface area contributed by atoms with Crippen molar-refractivity contribution in [2.45, 2.75) is 20.1 Å². The average molecular weight is 256 g/mol. The van der Waals surface area contributed by atoms with E-state index in [1.807, 2.05) is 0 Å². The van der Waals surface area contributed by atoms with E-state index in [9.17, 15) is 13.2 Å². The predicted octanol–water partition coefficient (Wildman–Crippen LogP) is 3.30. The first-order chi connectivity index (χ1) is 8.59. The van der Waals surface area contributed by atoms with Gasteiger partial charge in [-0.1, -0.05) is 12.1 Å². The maximum Gasteiger partial charge on any atom is 0.320 e. The summed E-state index contributed by atoms with van der Waals surface area (Å²) >= 11 is 0. The summed E-state index contributed by atoms with van der Waals surface area (Å²) in [5, 5.41) is 0. The first kappa shape index (κ1) is 12.5. The van der Waals surface area contributed by atoms with Crippen molar-refractivity contribution >= 4 is 0 Å². The highest BCUT2D eigenvalue weighted by Crippen LogP contribution is 2.21. The zero-order chi connectivity index (χ0) is 13.1. The van der Waals surface area contributed by atoms with Gasteiger partial charge < -0.3 is 4.74 Å². The van der Waals surface area contributed by atoms with E-state index in [-0.39, 0.29) is 18.2 Å². The molecule has 18 heavy (non-hydrogen) atoms. The van der Waals surface area contributed by atoms with Gasteiger partial charge in [-0.3, -0.25) is 4.57 Å². The van der Waals surface area contributed by atoms with Crippen molar-refractivity contribution in [3.8, 4) is 5.75 Å². The van der Waals surface area contributed by atoms with Crippen LogP contribution in [0.25, 0.3) is 0 Å². The number of alkyl halides is 2. The summed E-state index contributed by atoms with van der Waals surface area (Å²) in [7, 11) is 0. The Hall–Kier alpha value is -1.98. The fourth-order valence-corrected chi connectivity index (χ4v) is 1.51. The van der Waals surface area contributed by atoms with E-state index in [0.29, 0.717) is 10.1 Å². The lowest BCUT2D eigenvalue weighted by Crippen LogP contribution is -2.08. The second kappa shape index (κ2) is 5.12. The van der Waals surface area contributed by atoms with Gasteiger partial charge in [0.15, 0.2) is 17.4 Å². The first-order valence-electron chi connectivity index (χ1n) is 5.27. The van der Waals surface area contributed by atoms with Crippen LogP contribution in [0.2, 0.25) is 0 Å². The number of imidazole rings is 1. The molecule has 0 spiro atoms. The van der Waals surface area contributed by atoms with E-state index in [1.165, 1.54) is 12.3 Å². The van der Waals surface area contributed by atoms with Crippen LogP contribution < -0.4 is 4.74 Å². The van der Waals surface area contributed by atoms with Crippen LogP contribution in [0.1, 0.15) is 17.9 Å². The van der Waals surface area contributed by atoms with Gasteiger partial charge in [-0.25, -0.2) is 9.37 Å². The Kier molecular flexibility index (Phi) is 3.55. The van der Waals surface area contributed by atoms with Gasteiger partial charge in [0, 0.05) is 12.4 Å². The lowest BCUT2D eigenvalue weighted by molar-refractivity contribution is 0.0631. The Morgan fingerprint density at radius 3 is 2.89 bits per heavy atom. The third-order valence-corrected chi connectivity index (χ3v) is 2.47. The summed E-state index contributed by atoms with van der Waals surface area (Å²) in [6.07, 6.45) is 2.40. The summed E-state index contributed by atoms with van der Waals surface area (Å²) in [4.78, 5) is 3.74. The molecule has 0 N–H and O–H groups in total. The van der Waals surface area contributed by atoms with Gasteiger partial charge in [0.05, 0.1) is 0 Å². The molecule has 0 bridgehead atoms. The maximum atomic E-state index is 13.6. The minimum absolute atomic E-state index is 0.0267. The van der Waals surface area contributed by atoms with Gasteiger partial charge in [-0.05, 0) is 18.6 Å². The van der Waals surface area contributed by atoms with Crippen LogP contribution in [0, 0.1) is 12.7 Å². The Morgan fingerprint density at radius 2 is 2.17 bits per heavy atom. The summed E-state index contributed by atoms with van der Waals surface area (Å²) in [6.45, 7) is -1.30. The van der Waals surface area contributed by atoms with Crippen molar-refractivity contribution < 1.29 is 17.9 Å². The van der Waals surface area contributed by atoms with Crippen LogP contribution in [0.4, 0.5) is 13.2 Å². The van der Waals surface area contributed by atoms with Crippen LogP contribution in [0.5, 0.6) is 5.75 Å². The number of halogens is 3. The average Bonchev–Trinajstić information content (AvgIpc) is 2.79. The van der Waals surface area contributed by atoms with Gasteiger partial charge in [-0.2, -0.15) is 8.78 Å². The molecule has 6 heteroatoms. The molecule has 1 heterocycles. The number of benzene rings is 1. The molecular formula is C12H11F3N2O. The number of aromatic nitrogens is 2. The molecule has 2 rings (SSSR count). The molecule has 0 saturated carbocycles. The molecule has 0 atom stereocenters. The first-order valence-corrected chi connectivity index (χ1v) is 5.27. The molecule has 1 aromatic carbocycles. The monoisotopic (exact) mass is 256 g/mol. The fraction of sp³-hybridized carbons (Fsp3) is 0.250. The molecule has 0 saturated heterocycles. The summed E-state index contributed by atoms with van der Waals surface area (Å²) < 4.78 is 44.5. The topological polar surface area (TPSA) is 27.1 Å². The van der Waals surface area contributed by atoms with Crippen molar-refractivity contribution in [1.29, 1.82) is 0 Å². The van der Waals surface area contributed by atoms with Crippen LogP contribution in [-0.4, -0.2) is 9.55 Å². The summed E-state index contributed by atoms with van der Waals surface area (Å²) in [6, 6.07) is 4.67. The highest BCUT2D eigenvalue weighted by atomic mass is 19.3. The summed E-state index contributed by atoms with van der Waals surface area (Å²) in [5.41, 5.74) is 0.435. The molecule has 0 unspecified atom stereocenters. The van der Waals surface area contributed by atoms with Gasteiger partial charge >= 0.3 is 6.55 Å². The van der Waals surface area contributed by atoms with Gasteiger partial charge in [0.1, 0.15) is 6.61 Å². The molecular weight excluding hydrogens is 245 g/mol. The molecule has 0 aliphatic carbocycles. The van der Waals surface area contributed by atoms with Crippen LogP contribution >= 0.6 is 0 Å². The minimum atomic E-state index is -2.69. The second-order valence-electron chi connectivity index (χ2n) is 3.70. The lowest BCUT2D eigenvalue weighted by atomic mass is 10.2. The molecule has 0 aliphatic rings. The van der Waals surface area contributed by atoms with Crippen LogP contribution in [0.15, 0.2) is 30.6 Å². The maximum absolute atomic E-state index is 13.6. The quantitative estimate of drug-likeness (QED) is 0.839. The molecule has 1 aromatic heterocycles. The Balaban J connectivity index is 2.12. The van der Waals surface area contributed by atoms with E-state index < -0.39 is 12.4 Å². The fourth-order valence-electron chi connectivity index (χ4n) is 1.51. The Labute approximate surface area is 102 Å². The van der Waals surface area contributed by atoms with Gasteiger partial charge in [0.25, 0.3) is 0 Å². The van der Waals surface area contributed by atoms with E-state index >= 15 is 0 Å². The molecule has 0 fully saturated rings. The van der Waals surface area contributed by atoms with Crippen molar-refractivity contribution in [3.05, 3.63) is 47.8 Å². The van der Waals surface area contributed by atoms with Crippen LogP contribution in [-0.2, 0) is 6.61 Å². The number of rotatable bonds is 4. The molecule has 0 radical (unpaired) electrons. The lowest BCUT2D eigenvalue weighted by Gasteiger charge is -2.09. The Morgan fingerprint density at radius 1 is 1.39 bits per heavy atom. The van der Waals surface area contributed by atoms with Crippen molar-refractivity contribution in [2.24, 2.45) is 0 Å². The van der Waals surface area contributed by atoms with E-state index in [0.717, 1.165) is 6.20 Å². The highest BCUT2D eigenvalue weighted by Gasteiger charge is 2.13. The smallest absolute Gasteiger partial charge is 0.320 e. The van der Waals surface area contributed by atoms with Crippen molar-refractivity contribution in [3.63, 3.8) is 0 Å². The molecule has 96 valence electrons. The number of aryl methyl sites for hydroxylation is 1. The standard InChI is InChI=1S/C12H11F3N2O/c1-8-3-2-4-9(11(8)13)18-7-10-16-5-6-17(10)12(14)15/h2-6,12H,7H2,1H3. The normalized spacial score (nSPS) is 10.9. The molecule has 0 amide bonds. The zero-order valence-corrected chi connectivity index (χ0v) is 9.61. The van der Waals surface area contributed by atoms with Gasteiger partial charge in [0.2, 0.25) is 0 Å². The van der Waals surface area contributed by atoms with Crippen molar-refractivity contribution in [2.75, 3.05) is 0 Å². The van der Waals surface area contributed by atoms with Crippen LogP contribution in [0.3, 0.4) is 0 Å². The highest BCUT2D eigenvalue weighted by molar-refractivity contribution is 5.30. The van der Waals surface area contributed by atoms with E-state index in [2.05, 4.69) is 4.98 Å². The summed E-state index contributed by atoms with van der Waals surface area (Å²) in [5.74, 6) is -0.419. The minimum Gasteiger partial charge on any atom is -0.483 e. The molecule has 0 aliphatic heterocycles. The van der Waals surface area contributed by atoms with Gasteiger partial charge in [-0.15, -0.1) is 0 Å².